The summed E-state index contributed by atoms with van der Waals surface area (Å²) in [5, 5.41) is 2.90. The molecule has 0 aromatic heterocycles. The van der Waals surface area contributed by atoms with Gasteiger partial charge < -0.3 is 5.32 Å². The van der Waals surface area contributed by atoms with Crippen LogP contribution in [0.25, 0.3) is 0 Å². The lowest BCUT2D eigenvalue weighted by Crippen LogP contribution is -2.45. The Labute approximate surface area is 145 Å². The molecule has 0 unspecified atom stereocenters. The van der Waals surface area contributed by atoms with E-state index in [1.165, 1.54) is 25.1 Å². The second-order valence-electron chi connectivity index (χ2n) is 5.18. The summed E-state index contributed by atoms with van der Waals surface area (Å²) in [6, 6.07) is 10.5. The second kappa shape index (κ2) is 7.19. The van der Waals surface area contributed by atoms with Gasteiger partial charge in [0.05, 0.1) is 22.7 Å². The smallest absolute Gasteiger partial charge is 0.248 e. The number of anilines is 2. The maximum absolute atomic E-state index is 13.4. The van der Waals surface area contributed by atoms with E-state index in [1.54, 1.807) is 24.3 Å². The zero-order chi connectivity index (χ0) is 17.9. The van der Waals surface area contributed by atoms with Gasteiger partial charge in [-0.3, -0.25) is 9.10 Å². The number of hydrogen-bond acceptors (Lipinski definition) is 3. The molecule has 1 atom stereocenters. The van der Waals surface area contributed by atoms with Gasteiger partial charge in [0, 0.05) is 0 Å². The molecule has 2 aromatic carbocycles. The van der Waals surface area contributed by atoms with Crippen molar-refractivity contribution in [2.24, 2.45) is 0 Å². The van der Waals surface area contributed by atoms with E-state index in [9.17, 15) is 17.6 Å². The lowest BCUT2D eigenvalue weighted by molar-refractivity contribution is -0.116. The second-order valence-corrected chi connectivity index (χ2v) is 7.45. The molecule has 2 aromatic rings. The lowest BCUT2D eigenvalue weighted by atomic mass is 10.2. The van der Waals surface area contributed by atoms with Crippen molar-refractivity contribution in [1.82, 2.24) is 0 Å². The number of nitrogens with zero attached hydrogens (tertiary/aromatic N) is 1. The first-order chi connectivity index (χ1) is 11.2. The van der Waals surface area contributed by atoms with E-state index in [1.807, 2.05) is 0 Å². The van der Waals surface area contributed by atoms with Crippen LogP contribution in [0.1, 0.15) is 6.92 Å². The molecule has 0 aliphatic heterocycles. The van der Waals surface area contributed by atoms with Crippen LogP contribution in [-0.2, 0) is 14.8 Å². The van der Waals surface area contributed by atoms with Gasteiger partial charge in [0.25, 0.3) is 0 Å². The zero-order valence-electron chi connectivity index (χ0n) is 13.0. The molecule has 1 amide bonds. The minimum atomic E-state index is -3.81. The van der Waals surface area contributed by atoms with Gasteiger partial charge in [0.2, 0.25) is 15.9 Å². The van der Waals surface area contributed by atoms with Gasteiger partial charge in [-0.25, -0.2) is 12.8 Å². The number of benzene rings is 2. The number of rotatable bonds is 5. The minimum absolute atomic E-state index is 0.0688. The molecular weight excluding hydrogens is 355 g/mol. The predicted octanol–water partition coefficient (Wildman–Crippen LogP) is 3.27. The number of carbonyl (C=O) groups is 1. The first-order valence-corrected chi connectivity index (χ1v) is 9.23. The van der Waals surface area contributed by atoms with Gasteiger partial charge in [-0.05, 0) is 37.3 Å². The Kier molecular flexibility index (Phi) is 5.46. The fourth-order valence-electron chi connectivity index (χ4n) is 2.22. The molecule has 0 saturated heterocycles. The van der Waals surface area contributed by atoms with Crippen molar-refractivity contribution in [2.45, 2.75) is 13.0 Å². The standard InChI is InChI=1S/C16H16ClFN2O3S/c1-11(16(21)19-15-9-4-3-8-14(15)17)20(24(2,22)23)13-7-5-6-12(18)10-13/h3-11H,1-2H3,(H,19,21)/t11-/m1/s1. The Hall–Kier alpha value is -2.12. The van der Waals surface area contributed by atoms with Crippen LogP contribution in [0, 0.1) is 5.82 Å². The predicted molar refractivity (Wildman–Crippen MR) is 93.3 cm³/mol. The van der Waals surface area contributed by atoms with Gasteiger partial charge >= 0.3 is 0 Å². The van der Waals surface area contributed by atoms with E-state index in [2.05, 4.69) is 5.32 Å². The topological polar surface area (TPSA) is 66.5 Å². The number of sulfonamides is 1. The van der Waals surface area contributed by atoms with Crippen LogP contribution < -0.4 is 9.62 Å². The third-order valence-corrected chi connectivity index (χ3v) is 4.85. The SMILES string of the molecule is C[C@H](C(=O)Nc1ccccc1Cl)N(c1cccc(F)c1)S(C)(=O)=O. The zero-order valence-corrected chi connectivity index (χ0v) is 14.6. The normalized spacial score (nSPS) is 12.5. The molecule has 5 nitrogen and oxygen atoms in total. The summed E-state index contributed by atoms with van der Waals surface area (Å²) < 4.78 is 38.5. The van der Waals surface area contributed by atoms with Crippen LogP contribution in [0.5, 0.6) is 0 Å². The first-order valence-electron chi connectivity index (χ1n) is 7.00. The summed E-state index contributed by atoms with van der Waals surface area (Å²) in [7, 11) is -3.81. The molecule has 0 fully saturated rings. The van der Waals surface area contributed by atoms with Crippen LogP contribution in [0.3, 0.4) is 0 Å². The molecule has 0 aliphatic rings. The molecule has 0 radical (unpaired) electrons. The van der Waals surface area contributed by atoms with Crippen LogP contribution in [0.15, 0.2) is 48.5 Å². The molecule has 0 spiro atoms. The van der Waals surface area contributed by atoms with Gasteiger partial charge in [-0.2, -0.15) is 0 Å². The van der Waals surface area contributed by atoms with Gasteiger partial charge in [-0.1, -0.05) is 29.8 Å². The Morgan fingerprint density at radius 2 is 1.88 bits per heavy atom. The highest BCUT2D eigenvalue weighted by atomic mass is 35.5. The number of para-hydroxylation sites is 1. The van der Waals surface area contributed by atoms with Crippen molar-refractivity contribution >= 4 is 38.9 Å². The Bertz CT molecular complexity index is 858. The van der Waals surface area contributed by atoms with Crippen molar-refractivity contribution in [3.05, 3.63) is 59.4 Å². The van der Waals surface area contributed by atoms with Crippen molar-refractivity contribution in [2.75, 3.05) is 15.9 Å². The van der Waals surface area contributed by atoms with E-state index in [-0.39, 0.29) is 5.69 Å². The Morgan fingerprint density at radius 3 is 2.46 bits per heavy atom. The summed E-state index contributed by atoms with van der Waals surface area (Å²) in [5.74, 6) is -1.18. The third kappa shape index (κ3) is 4.24. The molecule has 2 rings (SSSR count). The summed E-state index contributed by atoms with van der Waals surface area (Å²) in [6.45, 7) is 1.41. The van der Waals surface area contributed by atoms with Crippen molar-refractivity contribution in [3.63, 3.8) is 0 Å². The van der Waals surface area contributed by atoms with Crippen molar-refractivity contribution in [1.29, 1.82) is 0 Å². The van der Waals surface area contributed by atoms with Crippen LogP contribution in [0.4, 0.5) is 15.8 Å². The van der Waals surface area contributed by atoms with Crippen LogP contribution in [-0.4, -0.2) is 26.6 Å². The largest absolute Gasteiger partial charge is 0.323 e. The minimum Gasteiger partial charge on any atom is -0.323 e. The van der Waals surface area contributed by atoms with Gasteiger partial charge in [-0.15, -0.1) is 0 Å². The van der Waals surface area contributed by atoms with Crippen LogP contribution in [0.2, 0.25) is 5.02 Å². The van der Waals surface area contributed by atoms with E-state index >= 15 is 0 Å². The van der Waals surface area contributed by atoms with E-state index in [4.69, 9.17) is 11.6 Å². The number of amides is 1. The highest BCUT2D eigenvalue weighted by Crippen LogP contribution is 2.24. The molecule has 0 saturated carbocycles. The maximum Gasteiger partial charge on any atom is 0.248 e. The van der Waals surface area contributed by atoms with Gasteiger partial charge in [0.1, 0.15) is 11.9 Å². The molecule has 1 N–H and O–H groups in total. The Morgan fingerprint density at radius 1 is 1.21 bits per heavy atom. The molecular formula is C16H16ClFN2O3S. The quantitative estimate of drug-likeness (QED) is 0.878. The molecule has 128 valence electrons. The summed E-state index contributed by atoms with van der Waals surface area (Å²) in [5.41, 5.74) is 0.433. The fraction of sp³-hybridized carbons (Fsp3) is 0.188. The highest BCUT2D eigenvalue weighted by Gasteiger charge is 2.29. The van der Waals surface area contributed by atoms with Gasteiger partial charge in [0.15, 0.2) is 0 Å². The van der Waals surface area contributed by atoms with Crippen LogP contribution >= 0.6 is 11.6 Å². The van der Waals surface area contributed by atoms with Crippen molar-refractivity contribution in [3.8, 4) is 0 Å². The first kappa shape index (κ1) is 18.2. The molecule has 8 heteroatoms. The van der Waals surface area contributed by atoms with E-state index in [0.29, 0.717) is 10.7 Å². The maximum atomic E-state index is 13.4. The van der Waals surface area contributed by atoms with E-state index in [0.717, 1.165) is 16.6 Å². The molecule has 0 heterocycles. The summed E-state index contributed by atoms with van der Waals surface area (Å²) >= 11 is 5.98. The Balaban J connectivity index is 2.33. The van der Waals surface area contributed by atoms with E-state index < -0.39 is 27.8 Å². The summed E-state index contributed by atoms with van der Waals surface area (Å²) in [6.07, 6.45) is 0.956. The molecule has 0 aliphatic carbocycles. The fourth-order valence-corrected chi connectivity index (χ4v) is 3.57. The number of halogens is 2. The average Bonchev–Trinajstić information content (AvgIpc) is 2.48. The average molecular weight is 371 g/mol. The molecule has 0 bridgehead atoms. The lowest BCUT2D eigenvalue weighted by Gasteiger charge is -2.28. The van der Waals surface area contributed by atoms with Crippen molar-refractivity contribution < 1.29 is 17.6 Å². The number of carbonyl (C=O) groups excluding carboxylic acids is 1. The summed E-state index contributed by atoms with van der Waals surface area (Å²) in [4.78, 5) is 12.4. The number of nitrogens with one attached hydrogen (secondary N) is 1. The monoisotopic (exact) mass is 370 g/mol. The number of hydrogen-bond donors (Lipinski definition) is 1. The highest BCUT2D eigenvalue weighted by molar-refractivity contribution is 7.92. The third-order valence-electron chi connectivity index (χ3n) is 3.28. The molecule has 24 heavy (non-hydrogen) atoms.